The van der Waals surface area contributed by atoms with Gasteiger partial charge in [0.2, 0.25) is 5.91 Å². The second kappa shape index (κ2) is 10.5. The summed E-state index contributed by atoms with van der Waals surface area (Å²) in [6, 6.07) is 6.22. The number of amides is 5. The molecule has 1 aliphatic heterocycles. The molecule has 1 aromatic carbocycles. The minimum absolute atomic E-state index is 0.0100. The summed E-state index contributed by atoms with van der Waals surface area (Å²) >= 11 is 0. The first-order valence-electron chi connectivity index (χ1n) is 9.79. The highest BCUT2D eigenvalue weighted by atomic mass is 16.5. The third kappa shape index (κ3) is 6.10. The number of benzene rings is 1. The number of esters is 1. The minimum Gasteiger partial charge on any atom is -0.467 e. The molecule has 3 N–H and O–H groups in total. The lowest BCUT2D eigenvalue weighted by Crippen LogP contribution is -2.64. The fourth-order valence-electron chi connectivity index (χ4n) is 3.03. The molecule has 2 unspecified atom stereocenters. The van der Waals surface area contributed by atoms with Crippen molar-refractivity contribution in [2.75, 3.05) is 32.1 Å². The first-order valence-corrected chi connectivity index (χ1v) is 9.79. The summed E-state index contributed by atoms with van der Waals surface area (Å²) < 4.78 is 4.63. The van der Waals surface area contributed by atoms with Crippen molar-refractivity contribution in [3.63, 3.8) is 0 Å². The van der Waals surface area contributed by atoms with Crippen molar-refractivity contribution in [2.24, 2.45) is 0 Å². The van der Waals surface area contributed by atoms with Crippen LogP contribution in [0.15, 0.2) is 30.3 Å². The zero-order chi connectivity index (χ0) is 22.3. The molecular weight excluding hydrogens is 390 g/mol. The Balaban J connectivity index is 2.14. The summed E-state index contributed by atoms with van der Waals surface area (Å²) in [6.45, 7) is 5.55. The van der Waals surface area contributed by atoms with Crippen molar-refractivity contribution < 1.29 is 23.9 Å². The van der Waals surface area contributed by atoms with Gasteiger partial charge in [0.1, 0.15) is 12.1 Å². The van der Waals surface area contributed by atoms with Crippen molar-refractivity contribution in [3.05, 3.63) is 30.3 Å². The SMILES string of the molecule is COC(=O)C(C)NC(=O)C1CN(C(=O)Nc2ccccc2)CCN1C(=O)NC(C)C. The Morgan fingerprint density at radius 1 is 1.00 bits per heavy atom. The van der Waals surface area contributed by atoms with Gasteiger partial charge in [0.15, 0.2) is 0 Å². The molecule has 0 aromatic heterocycles. The number of rotatable bonds is 5. The van der Waals surface area contributed by atoms with E-state index in [-0.39, 0.29) is 31.7 Å². The number of urea groups is 2. The summed E-state index contributed by atoms with van der Waals surface area (Å²) in [4.78, 5) is 52.6. The maximum absolute atomic E-state index is 12.9. The van der Waals surface area contributed by atoms with Crippen LogP contribution in [-0.2, 0) is 14.3 Å². The summed E-state index contributed by atoms with van der Waals surface area (Å²) in [5, 5.41) is 8.10. The second-order valence-electron chi connectivity index (χ2n) is 7.31. The van der Waals surface area contributed by atoms with Gasteiger partial charge in [-0.05, 0) is 32.9 Å². The second-order valence-corrected chi connectivity index (χ2v) is 7.31. The third-order valence-electron chi connectivity index (χ3n) is 4.58. The number of carbonyl (C=O) groups is 4. The third-order valence-corrected chi connectivity index (χ3v) is 4.58. The zero-order valence-corrected chi connectivity index (χ0v) is 17.7. The van der Waals surface area contributed by atoms with Gasteiger partial charge in [0.05, 0.1) is 13.7 Å². The highest BCUT2D eigenvalue weighted by Crippen LogP contribution is 2.14. The van der Waals surface area contributed by atoms with Crippen LogP contribution in [0.4, 0.5) is 15.3 Å². The van der Waals surface area contributed by atoms with Gasteiger partial charge < -0.3 is 30.5 Å². The van der Waals surface area contributed by atoms with E-state index in [0.717, 1.165) is 0 Å². The largest absolute Gasteiger partial charge is 0.467 e. The average molecular weight is 419 g/mol. The Labute approximate surface area is 175 Å². The number of hydrogen-bond donors (Lipinski definition) is 3. The van der Waals surface area contributed by atoms with Gasteiger partial charge in [-0.25, -0.2) is 14.4 Å². The first kappa shape index (κ1) is 23.0. The maximum Gasteiger partial charge on any atom is 0.328 e. The van der Waals surface area contributed by atoms with Crippen LogP contribution in [0.2, 0.25) is 0 Å². The molecule has 0 spiro atoms. The molecule has 0 saturated carbocycles. The van der Waals surface area contributed by atoms with Crippen LogP contribution in [0.25, 0.3) is 0 Å². The van der Waals surface area contributed by atoms with Crippen LogP contribution in [-0.4, -0.2) is 78.6 Å². The van der Waals surface area contributed by atoms with Gasteiger partial charge in [0.25, 0.3) is 0 Å². The van der Waals surface area contributed by atoms with Gasteiger partial charge in [-0.1, -0.05) is 18.2 Å². The van der Waals surface area contributed by atoms with Crippen molar-refractivity contribution in [2.45, 2.75) is 38.9 Å². The molecule has 1 fully saturated rings. The predicted octanol–water partition coefficient (Wildman–Crippen LogP) is 1.00. The summed E-state index contributed by atoms with van der Waals surface area (Å²) in [5.74, 6) is -1.14. The lowest BCUT2D eigenvalue weighted by molar-refractivity contribution is -0.145. The highest BCUT2D eigenvalue weighted by molar-refractivity contribution is 5.93. The monoisotopic (exact) mass is 419 g/mol. The zero-order valence-electron chi connectivity index (χ0n) is 17.7. The Morgan fingerprint density at radius 2 is 1.67 bits per heavy atom. The Kier molecular flexibility index (Phi) is 8.02. The number of para-hydroxylation sites is 1. The molecule has 0 bridgehead atoms. The minimum atomic E-state index is -0.953. The highest BCUT2D eigenvalue weighted by Gasteiger charge is 2.38. The summed E-state index contributed by atoms with van der Waals surface area (Å²) in [6.07, 6.45) is 0. The van der Waals surface area contributed by atoms with Crippen molar-refractivity contribution in [3.8, 4) is 0 Å². The van der Waals surface area contributed by atoms with E-state index in [2.05, 4.69) is 20.7 Å². The number of hydrogen-bond acceptors (Lipinski definition) is 5. The summed E-state index contributed by atoms with van der Waals surface area (Å²) in [5.41, 5.74) is 0.628. The molecule has 0 radical (unpaired) electrons. The van der Waals surface area contributed by atoms with Gasteiger partial charge in [-0.3, -0.25) is 4.79 Å². The standard InChI is InChI=1S/C20H29N5O5/c1-13(2)21-20(29)25-11-10-24(19(28)23-15-8-6-5-7-9-15)12-16(25)17(26)22-14(3)18(27)30-4/h5-9,13-14,16H,10-12H2,1-4H3,(H,21,29)(H,22,26)(H,23,28). The maximum atomic E-state index is 12.9. The molecule has 30 heavy (non-hydrogen) atoms. The molecule has 1 aliphatic rings. The van der Waals surface area contributed by atoms with Crippen LogP contribution >= 0.6 is 0 Å². The molecule has 1 saturated heterocycles. The van der Waals surface area contributed by atoms with E-state index < -0.39 is 30.0 Å². The van der Waals surface area contributed by atoms with Crippen LogP contribution in [0.3, 0.4) is 0 Å². The number of ether oxygens (including phenoxy) is 1. The molecule has 0 aliphatic carbocycles. The fraction of sp³-hybridized carbons (Fsp3) is 0.500. The number of anilines is 1. The van der Waals surface area contributed by atoms with E-state index >= 15 is 0 Å². The average Bonchev–Trinajstić information content (AvgIpc) is 2.72. The van der Waals surface area contributed by atoms with Crippen LogP contribution < -0.4 is 16.0 Å². The molecular formula is C20H29N5O5. The fourth-order valence-corrected chi connectivity index (χ4v) is 3.03. The van der Waals surface area contributed by atoms with Crippen LogP contribution in [0.5, 0.6) is 0 Å². The number of methoxy groups -OCH3 is 1. The van der Waals surface area contributed by atoms with E-state index in [1.54, 1.807) is 24.3 Å². The van der Waals surface area contributed by atoms with Crippen molar-refractivity contribution in [1.29, 1.82) is 0 Å². The van der Waals surface area contributed by atoms with E-state index in [9.17, 15) is 19.2 Å². The smallest absolute Gasteiger partial charge is 0.328 e. The lowest BCUT2D eigenvalue weighted by Gasteiger charge is -2.40. The Hall–Kier alpha value is -3.30. The Morgan fingerprint density at radius 3 is 2.27 bits per heavy atom. The number of carbonyl (C=O) groups excluding carboxylic acids is 4. The van der Waals surface area contributed by atoms with Gasteiger partial charge in [-0.2, -0.15) is 0 Å². The van der Waals surface area contributed by atoms with Gasteiger partial charge in [-0.15, -0.1) is 0 Å². The summed E-state index contributed by atoms with van der Waals surface area (Å²) in [7, 11) is 1.23. The van der Waals surface area contributed by atoms with E-state index in [1.165, 1.54) is 23.8 Å². The van der Waals surface area contributed by atoms with Gasteiger partial charge in [0, 0.05) is 24.8 Å². The van der Waals surface area contributed by atoms with Crippen LogP contribution in [0, 0.1) is 0 Å². The molecule has 5 amide bonds. The van der Waals surface area contributed by atoms with E-state index in [1.807, 2.05) is 19.9 Å². The number of nitrogens with zero attached hydrogens (tertiary/aromatic N) is 2. The Bertz CT molecular complexity index is 770. The molecule has 10 heteroatoms. The van der Waals surface area contributed by atoms with E-state index in [0.29, 0.717) is 5.69 Å². The van der Waals surface area contributed by atoms with Gasteiger partial charge >= 0.3 is 18.0 Å². The quantitative estimate of drug-likeness (QED) is 0.615. The van der Waals surface area contributed by atoms with Crippen molar-refractivity contribution >= 4 is 29.6 Å². The number of piperazine rings is 1. The van der Waals surface area contributed by atoms with E-state index in [4.69, 9.17) is 0 Å². The van der Waals surface area contributed by atoms with Crippen LogP contribution in [0.1, 0.15) is 20.8 Å². The lowest BCUT2D eigenvalue weighted by atomic mass is 10.1. The first-order chi connectivity index (χ1) is 14.2. The molecule has 1 heterocycles. The predicted molar refractivity (Wildman–Crippen MR) is 111 cm³/mol. The molecule has 10 nitrogen and oxygen atoms in total. The molecule has 2 atom stereocenters. The molecule has 2 rings (SSSR count). The topological polar surface area (TPSA) is 120 Å². The normalized spacial score (nSPS) is 17.2. The van der Waals surface area contributed by atoms with Crippen molar-refractivity contribution in [1.82, 2.24) is 20.4 Å². The molecule has 164 valence electrons. The number of nitrogens with one attached hydrogen (secondary N) is 3. The molecule has 1 aromatic rings.